The highest BCUT2D eigenvalue weighted by Gasteiger charge is 2.14. The lowest BCUT2D eigenvalue weighted by atomic mass is 10.1. The summed E-state index contributed by atoms with van der Waals surface area (Å²) in [6, 6.07) is 11.7. The van der Waals surface area contributed by atoms with Gasteiger partial charge in [-0.2, -0.15) is 4.68 Å². The van der Waals surface area contributed by atoms with Crippen LogP contribution in [0.25, 0.3) is 5.69 Å². The van der Waals surface area contributed by atoms with Gasteiger partial charge >= 0.3 is 0 Å². The number of carbonyl (C=O) groups excluding carboxylic acids is 1. The highest BCUT2D eigenvalue weighted by Crippen LogP contribution is 2.23. The summed E-state index contributed by atoms with van der Waals surface area (Å²) in [7, 11) is 0. The third-order valence-electron chi connectivity index (χ3n) is 3.53. The molecule has 3 aromatic rings. The monoisotopic (exact) mass is 357 g/mol. The van der Waals surface area contributed by atoms with E-state index in [0.29, 0.717) is 10.8 Å². The minimum absolute atomic E-state index is 0.113. The quantitative estimate of drug-likeness (QED) is 0.710. The molecule has 0 unspecified atom stereocenters. The fraction of sp³-hybridized carbons (Fsp3) is 0.176. The van der Waals surface area contributed by atoms with Gasteiger partial charge in [-0.05, 0) is 53.6 Å². The standard InChI is InChI=1S/C17H16FN5OS/c1-11-5-3-6-12(2)16(11)23-17(20-21-22-23)25-10-15(24)19-14-8-4-7-13(18)9-14/h3-9H,10H2,1-2H3,(H,19,24). The van der Waals surface area contributed by atoms with E-state index in [4.69, 9.17) is 0 Å². The molecule has 25 heavy (non-hydrogen) atoms. The second kappa shape index (κ2) is 7.43. The van der Waals surface area contributed by atoms with Gasteiger partial charge in [0.15, 0.2) is 0 Å². The smallest absolute Gasteiger partial charge is 0.234 e. The van der Waals surface area contributed by atoms with Crippen LogP contribution in [0.1, 0.15) is 11.1 Å². The van der Waals surface area contributed by atoms with E-state index in [1.165, 1.54) is 23.9 Å². The van der Waals surface area contributed by atoms with Crippen molar-refractivity contribution in [2.75, 3.05) is 11.1 Å². The summed E-state index contributed by atoms with van der Waals surface area (Å²) in [5.74, 6) is -0.543. The number of aromatic nitrogens is 4. The predicted molar refractivity (Wildman–Crippen MR) is 94.4 cm³/mol. The Bertz CT molecular complexity index is 891. The van der Waals surface area contributed by atoms with Gasteiger partial charge in [0.1, 0.15) is 5.82 Å². The van der Waals surface area contributed by atoms with Gasteiger partial charge < -0.3 is 5.32 Å². The minimum atomic E-state index is -0.399. The molecule has 128 valence electrons. The fourth-order valence-electron chi connectivity index (χ4n) is 2.44. The number of carbonyl (C=O) groups is 1. The zero-order chi connectivity index (χ0) is 17.8. The number of thioether (sulfide) groups is 1. The summed E-state index contributed by atoms with van der Waals surface area (Å²) >= 11 is 1.22. The van der Waals surface area contributed by atoms with Gasteiger partial charge in [0.2, 0.25) is 11.1 Å². The van der Waals surface area contributed by atoms with E-state index in [1.807, 2.05) is 32.0 Å². The van der Waals surface area contributed by atoms with Crippen LogP contribution in [-0.4, -0.2) is 31.9 Å². The van der Waals surface area contributed by atoms with Crippen LogP contribution in [0.5, 0.6) is 0 Å². The average Bonchev–Trinajstić information content (AvgIpc) is 3.01. The van der Waals surface area contributed by atoms with E-state index in [2.05, 4.69) is 20.8 Å². The van der Waals surface area contributed by atoms with Crippen molar-refractivity contribution in [1.82, 2.24) is 20.2 Å². The van der Waals surface area contributed by atoms with E-state index < -0.39 is 5.82 Å². The molecule has 3 rings (SSSR count). The molecule has 0 aliphatic carbocycles. The highest BCUT2D eigenvalue weighted by molar-refractivity contribution is 7.99. The Morgan fingerprint density at radius 3 is 2.64 bits per heavy atom. The van der Waals surface area contributed by atoms with Crippen molar-refractivity contribution in [3.63, 3.8) is 0 Å². The summed E-state index contributed by atoms with van der Waals surface area (Å²) in [5.41, 5.74) is 3.40. The molecule has 2 aromatic carbocycles. The maximum Gasteiger partial charge on any atom is 0.234 e. The highest BCUT2D eigenvalue weighted by atomic mass is 32.2. The number of halogens is 1. The van der Waals surface area contributed by atoms with Crippen molar-refractivity contribution in [2.24, 2.45) is 0 Å². The average molecular weight is 357 g/mol. The first-order chi connectivity index (χ1) is 12.0. The molecular formula is C17H16FN5OS. The molecule has 0 bridgehead atoms. The number of rotatable bonds is 5. The molecule has 0 aliphatic rings. The minimum Gasteiger partial charge on any atom is -0.325 e. The number of hydrogen-bond acceptors (Lipinski definition) is 5. The van der Waals surface area contributed by atoms with E-state index >= 15 is 0 Å². The van der Waals surface area contributed by atoms with Crippen LogP contribution in [0.15, 0.2) is 47.6 Å². The van der Waals surface area contributed by atoms with Crippen molar-refractivity contribution in [1.29, 1.82) is 0 Å². The summed E-state index contributed by atoms with van der Waals surface area (Å²) in [6.45, 7) is 3.96. The van der Waals surface area contributed by atoms with Gasteiger partial charge in [0, 0.05) is 5.69 Å². The molecule has 0 radical (unpaired) electrons. The largest absolute Gasteiger partial charge is 0.325 e. The Morgan fingerprint density at radius 1 is 1.20 bits per heavy atom. The summed E-state index contributed by atoms with van der Waals surface area (Å²) in [6.07, 6.45) is 0. The Morgan fingerprint density at radius 2 is 1.92 bits per heavy atom. The van der Waals surface area contributed by atoms with Crippen molar-refractivity contribution >= 4 is 23.4 Å². The van der Waals surface area contributed by atoms with Gasteiger partial charge in [-0.1, -0.05) is 36.0 Å². The molecule has 6 nitrogen and oxygen atoms in total. The number of para-hydroxylation sites is 1. The van der Waals surface area contributed by atoms with Crippen LogP contribution in [0.3, 0.4) is 0 Å². The third kappa shape index (κ3) is 4.03. The van der Waals surface area contributed by atoms with Gasteiger partial charge in [-0.3, -0.25) is 4.79 Å². The Balaban J connectivity index is 1.71. The topological polar surface area (TPSA) is 72.7 Å². The number of tetrazole rings is 1. The molecule has 0 saturated carbocycles. The van der Waals surface area contributed by atoms with Crippen LogP contribution in [0, 0.1) is 19.7 Å². The Kier molecular flexibility index (Phi) is 5.08. The SMILES string of the molecule is Cc1cccc(C)c1-n1nnnc1SCC(=O)Nc1cccc(F)c1. The molecule has 0 saturated heterocycles. The molecule has 0 aliphatic heterocycles. The summed E-state index contributed by atoms with van der Waals surface area (Å²) < 4.78 is 14.8. The molecule has 1 amide bonds. The van der Waals surface area contributed by atoms with Crippen LogP contribution < -0.4 is 5.32 Å². The second-order valence-electron chi connectivity index (χ2n) is 5.46. The summed E-state index contributed by atoms with van der Waals surface area (Å²) in [5, 5.41) is 14.9. The van der Waals surface area contributed by atoms with Crippen LogP contribution in [-0.2, 0) is 4.79 Å². The fourth-order valence-corrected chi connectivity index (χ4v) is 3.12. The number of aryl methyl sites for hydroxylation is 2. The van der Waals surface area contributed by atoms with Crippen LogP contribution >= 0.6 is 11.8 Å². The van der Waals surface area contributed by atoms with E-state index in [1.54, 1.807) is 16.8 Å². The predicted octanol–water partition coefficient (Wildman–Crippen LogP) is 3.15. The molecule has 1 aromatic heterocycles. The first-order valence-electron chi connectivity index (χ1n) is 7.58. The van der Waals surface area contributed by atoms with Crippen molar-refractivity contribution in [3.8, 4) is 5.69 Å². The Hall–Kier alpha value is -2.74. The lowest BCUT2D eigenvalue weighted by molar-refractivity contribution is -0.113. The second-order valence-corrected chi connectivity index (χ2v) is 6.40. The van der Waals surface area contributed by atoms with E-state index in [0.717, 1.165) is 16.8 Å². The van der Waals surface area contributed by atoms with Gasteiger partial charge in [-0.15, -0.1) is 5.10 Å². The van der Waals surface area contributed by atoms with Crippen LogP contribution in [0.2, 0.25) is 0 Å². The Labute approximate surface area is 148 Å². The van der Waals surface area contributed by atoms with Crippen molar-refractivity contribution in [3.05, 3.63) is 59.4 Å². The maximum atomic E-state index is 13.2. The summed E-state index contributed by atoms with van der Waals surface area (Å²) in [4.78, 5) is 12.1. The first-order valence-corrected chi connectivity index (χ1v) is 8.56. The normalized spacial score (nSPS) is 10.7. The van der Waals surface area contributed by atoms with Crippen LogP contribution in [0.4, 0.5) is 10.1 Å². The van der Waals surface area contributed by atoms with Gasteiger partial charge in [0.25, 0.3) is 0 Å². The van der Waals surface area contributed by atoms with Gasteiger partial charge in [0.05, 0.1) is 11.4 Å². The third-order valence-corrected chi connectivity index (χ3v) is 4.45. The number of benzene rings is 2. The zero-order valence-electron chi connectivity index (χ0n) is 13.7. The van der Waals surface area contributed by atoms with Gasteiger partial charge in [-0.25, -0.2) is 4.39 Å². The lowest BCUT2D eigenvalue weighted by Crippen LogP contribution is -2.15. The molecular weight excluding hydrogens is 341 g/mol. The number of anilines is 1. The molecule has 1 N–H and O–H groups in total. The number of amides is 1. The van der Waals surface area contributed by atoms with E-state index in [-0.39, 0.29) is 11.7 Å². The molecule has 0 atom stereocenters. The molecule has 0 fully saturated rings. The maximum absolute atomic E-state index is 13.2. The number of nitrogens with one attached hydrogen (secondary N) is 1. The molecule has 1 heterocycles. The number of nitrogens with zero attached hydrogens (tertiary/aromatic N) is 4. The molecule has 0 spiro atoms. The van der Waals surface area contributed by atoms with Crippen molar-refractivity contribution < 1.29 is 9.18 Å². The molecule has 8 heteroatoms. The first kappa shape index (κ1) is 17.1. The van der Waals surface area contributed by atoms with E-state index in [9.17, 15) is 9.18 Å². The van der Waals surface area contributed by atoms with Crippen molar-refractivity contribution in [2.45, 2.75) is 19.0 Å². The lowest BCUT2D eigenvalue weighted by Gasteiger charge is -2.10. The number of hydrogen-bond donors (Lipinski definition) is 1. The zero-order valence-corrected chi connectivity index (χ0v) is 14.5.